The van der Waals surface area contributed by atoms with Crippen LogP contribution in [-0.4, -0.2) is 30.5 Å². The Balaban J connectivity index is 2.67. The van der Waals surface area contributed by atoms with E-state index in [1.165, 1.54) is 11.1 Å². The van der Waals surface area contributed by atoms with Crippen molar-refractivity contribution in [3.63, 3.8) is 0 Å². The average molecular weight is 178 g/mol. The zero-order valence-electron chi connectivity index (χ0n) is 8.96. The molecule has 13 heavy (non-hydrogen) atoms. The normalized spacial score (nSPS) is 10.8. The Kier molecular flexibility index (Phi) is 3.43. The van der Waals surface area contributed by atoms with Gasteiger partial charge >= 0.3 is 0 Å². The maximum atomic E-state index is 4.30. The Morgan fingerprint density at radius 3 is 2.54 bits per heavy atom. The van der Waals surface area contributed by atoms with E-state index in [1.54, 1.807) is 0 Å². The molecule has 0 amide bonds. The van der Waals surface area contributed by atoms with Crippen molar-refractivity contribution in [2.24, 2.45) is 0 Å². The fourth-order valence-corrected chi connectivity index (χ4v) is 1.33. The number of aryl methyl sites for hydroxylation is 2. The van der Waals surface area contributed by atoms with E-state index in [9.17, 15) is 0 Å². The molecule has 0 radical (unpaired) electrons. The molecule has 1 aromatic heterocycles. The van der Waals surface area contributed by atoms with Crippen LogP contribution in [0.25, 0.3) is 0 Å². The fourth-order valence-electron chi connectivity index (χ4n) is 1.33. The third-order valence-corrected chi connectivity index (χ3v) is 2.18. The van der Waals surface area contributed by atoms with Crippen molar-refractivity contribution >= 4 is 0 Å². The SMILES string of the molecule is Cc1cc(C)c(CCN(C)C)cn1. The monoisotopic (exact) mass is 178 g/mol. The van der Waals surface area contributed by atoms with Gasteiger partial charge in [0, 0.05) is 18.4 Å². The van der Waals surface area contributed by atoms with Crippen LogP contribution in [0.15, 0.2) is 12.3 Å². The molecule has 1 heterocycles. The minimum atomic E-state index is 1.09. The molecule has 0 aliphatic heterocycles. The number of pyridine rings is 1. The van der Waals surface area contributed by atoms with Gasteiger partial charge in [0.1, 0.15) is 0 Å². The molecule has 2 heteroatoms. The molecule has 0 N–H and O–H groups in total. The first-order valence-electron chi connectivity index (χ1n) is 4.66. The van der Waals surface area contributed by atoms with E-state index in [-0.39, 0.29) is 0 Å². The third-order valence-electron chi connectivity index (χ3n) is 2.18. The van der Waals surface area contributed by atoms with Crippen LogP contribution in [0.2, 0.25) is 0 Å². The molecule has 1 aromatic rings. The van der Waals surface area contributed by atoms with Gasteiger partial charge < -0.3 is 4.90 Å². The van der Waals surface area contributed by atoms with E-state index in [0.29, 0.717) is 0 Å². The third kappa shape index (κ3) is 3.15. The first-order chi connectivity index (χ1) is 6.09. The lowest BCUT2D eigenvalue weighted by molar-refractivity contribution is 0.413. The lowest BCUT2D eigenvalue weighted by Gasteiger charge is -2.10. The molecular weight excluding hydrogens is 160 g/mol. The molecule has 0 aliphatic rings. The van der Waals surface area contributed by atoms with Gasteiger partial charge in [0.25, 0.3) is 0 Å². The predicted octanol–water partition coefficient (Wildman–Crippen LogP) is 1.80. The maximum absolute atomic E-state index is 4.30. The molecule has 0 fully saturated rings. The Morgan fingerprint density at radius 1 is 1.31 bits per heavy atom. The van der Waals surface area contributed by atoms with Crippen LogP contribution in [0, 0.1) is 13.8 Å². The van der Waals surface area contributed by atoms with E-state index in [0.717, 1.165) is 18.7 Å². The van der Waals surface area contributed by atoms with Gasteiger partial charge in [0.05, 0.1) is 0 Å². The first-order valence-corrected chi connectivity index (χ1v) is 4.66. The fraction of sp³-hybridized carbons (Fsp3) is 0.545. The lowest BCUT2D eigenvalue weighted by Crippen LogP contribution is -2.15. The van der Waals surface area contributed by atoms with Crippen molar-refractivity contribution in [3.8, 4) is 0 Å². The topological polar surface area (TPSA) is 16.1 Å². The van der Waals surface area contributed by atoms with E-state index in [4.69, 9.17) is 0 Å². The summed E-state index contributed by atoms with van der Waals surface area (Å²) in [5.74, 6) is 0. The molecule has 0 atom stereocenters. The molecule has 0 bridgehead atoms. The van der Waals surface area contributed by atoms with Crippen LogP contribution in [0.5, 0.6) is 0 Å². The molecule has 1 rings (SSSR count). The lowest BCUT2D eigenvalue weighted by atomic mass is 10.1. The molecule has 0 spiro atoms. The summed E-state index contributed by atoms with van der Waals surface area (Å²) in [5, 5.41) is 0. The van der Waals surface area contributed by atoms with Crippen molar-refractivity contribution in [1.82, 2.24) is 9.88 Å². The van der Waals surface area contributed by atoms with Crippen LogP contribution in [0.4, 0.5) is 0 Å². The molecule has 0 aliphatic carbocycles. The molecule has 2 nitrogen and oxygen atoms in total. The van der Waals surface area contributed by atoms with Crippen LogP contribution in [0.1, 0.15) is 16.8 Å². The minimum Gasteiger partial charge on any atom is -0.309 e. The van der Waals surface area contributed by atoms with E-state index < -0.39 is 0 Å². The Bertz CT molecular complexity index is 279. The number of likely N-dealkylation sites (N-methyl/N-ethyl adjacent to an activating group) is 1. The zero-order chi connectivity index (χ0) is 9.84. The van der Waals surface area contributed by atoms with Gasteiger partial charge in [-0.1, -0.05) is 0 Å². The van der Waals surface area contributed by atoms with Crippen molar-refractivity contribution in [1.29, 1.82) is 0 Å². The summed E-state index contributed by atoms with van der Waals surface area (Å²) in [7, 11) is 4.19. The quantitative estimate of drug-likeness (QED) is 0.701. The van der Waals surface area contributed by atoms with Gasteiger partial charge in [-0.25, -0.2) is 0 Å². The van der Waals surface area contributed by atoms with Crippen LogP contribution in [0.3, 0.4) is 0 Å². The number of hydrogen-bond donors (Lipinski definition) is 0. The highest BCUT2D eigenvalue weighted by Crippen LogP contribution is 2.08. The van der Waals surface area contributed by atoms with Crippen LogP contribution < -0.4 is 0 Å². The van der Waals surface area contributed by atoms with Gasteiger partial charge in [-0.2, -0.15) is 0 Å². The number of aromatic nitrogens is 1. The minimum absolute atomic E-state index is 1.09. The van der Waals surface area contributed by atoms with Gasteiger partial charge in [-0.05, 0) is 51.6 Å². The Hall–Kier alpha value is -0.890. The summed E-state index contributed by atoms with van der Waals surface area (Å²) >= 11 is 0. The van der Waals surface area contributed by atoms with Crippen LogP contribution >= 0.6 is 0 Å². The summed E-state index contributed by atoms with van der Waals surface area (Å²) in [4.78, 5) is 6.49. The molecule has 72 valence electrons. The molecule has 0 saturated carbocycles. The summed E-state index contributed by atoms with van der Waals surface area (Å²) in [6.07, 6.45) is 3.08. The van der Waals surface area contributed by atoms with E-state index >= 15 is 0 Å². The number of nitrogens with zero attached hydrogens (tertiary/aromatic N) is 2. The zero-order valence-corrected chi connectivity index (χ0v) is 8.96. The van der Waals surface area contributed by atoms with Crippen LogP contribution in [-0.2, 0) is 6.42 Å². The second-order valence-corrected chi connectivity index (χ2v) is 3.81. The van der Waals surface area contributed by atoms with Gasteiger partial charge in [0.15, 0.2) is 0 Å². The van der Waals surface area contributed by atoms with Crippen molar-refractivity contribution in [3.05, 3.63) is 29.1 Å². The highest BCUT2D eigenvalue weighted by molar-refractivity contribution is 5.24. The van der Waals surface area contributed by atoms with Gasteiger partial charge in [-0.15, -0.1) is 0 Å². The molecule has 0 saturated heterocycles. The Morgan fingerprint density at radius 2 is 2.00 bits per heavy atom. The molecular formula is C11H18N2. The number of hydrogen-bond acceptors (Lipinski definition) is 2. The van der Waals surface area contributed by atoms with Crippen molar-refractivity contribution in [2.45, 2.75) is 20.3 Å². The highest BCUT2D eigenvalue weighted by Gasteiger charge is 1.99. The summed E-state index contributed by atoms with van der Waals surface area (Å²) in [6.45, 7) is 5.27. The smallest absolute Gasteiger partial charge is 0.0375 e. The van der Waals surface area contributed by atoms with Crippen molar-refractivity contribution in [2.75, 3.05) is 20.6 Å². The summed E-state index contributed by atoms with van der Waals surface area (Å²) < 4.78 is 0. The van der Waals surface area contributed by atoms with Gasteiger partial charge in [-0.3, -0.25) is 4.98 Å². The average Bonchev–Trinajstić information content (AvgIpc) is 2.02. The first kappa shape index (κ1) is 10.2. The summed E-state index contributed by atoms with van der Waals surface area (Å²) in [6, 6.07) is 2.14. The maximum Gasteiger partial charge on any atom is 0.0375 e. The molecule has 0 aromatic carbocycles. The summed E-state index contributed by atoms with van der Waals surface area (Å²) in [5.41, 5.74) is 3.82. The highest BCUT2D eigenvalue weighted by atomic mass is 15.0. The van der Waals surface area contributed by atoms with Crippen molar-refractivity contribution < 1.29 is 0 Å². The van der Waals surface area contributed by atoms with E-state index in [2.05, 4.69) is 37.0 Å². The standard InChI is InChI=1S/C11H18N2/c1-9-7-10(2)12-8-11(9)5-6-13(3)4/h7-8H,5-6H2,1-4H3. The largest absolute Gasteiger partial charge is 0.309 e. The van der Waals surface area contributed by atoms with E-state index in [1.807, 2.05) is 13.1 Å². The van der Waals surface area contributed by atoms with Gasteiger partial charge in [0.2, 0.25) is 0 Å². The second-order valence-electron chi connectivity index (χ2n) is 3.81. The Labute approximate surface area is 80.6 Å². The molecule has 0 unspecified atom stereocenters. The number of rotatable bonds is 3. The predicted molar refractivity (Wildman–Crippen MR) is 56.0 cm³/mol. The second kappa shape index (κ2) is 4.38.